The van der Waals surface area contributed by atoms with E-state index in [-0.39, 0.29) is 29.9 Å². The fourth-order valence-electron chi connectivity index (χ4n) is 2.30. The summed E-state index contributed by atoms with van der Waals surface area (Å²) in [5.74, 6) is 0.587. The lowest BCUT2D eigenvalue weighted by Gasteiger charge is -2.18. The van der Waals surface area contributed by atoms with Crippen LogP contribution >= 0.6 is 35.6 Å². The second-order valence-electron chi connectivity index (χ2n) is 5.78. The molecule has 1 atom stereocenters. The van der Waals surface area contributed by atoms with E-state index >= 15 is 0 Å². The lowest BCUT2D eigenvalue weighted by Crippen LogP contribution is -2.44. The van der Waals surface area contributed by atoms with Gasteiger partial charge in [-0.05, 0) is 25.5 Å². The second-order valence-corrected chi connectivity index (χ2v) is 6.18. The number of carbonyl (C=O) groups excluding carboxylic acids is 1. The Morgan fingerprint density at radius 2 is 1.88 bits per heavy atom. The summed E-state index contributed by atoms with van der Waals surface area (Å²) in [7, 11) is 1.75. The maximum atomic E-state index is 12.0. The zero-order chi connectivity index (χ0) is 17.8. The topological polar surface area (TPSA) is 65.5 Å². The van der Waals surface area contributed by atoms with Crippen molar-refractivity contribution < 1.29 is 4.79 Å². The molecule has 0 aromatic heterocycles. The van der Waals surface area contributed by atoms with E-state index in [1.165, 1.54) is 19.3 Å². The van der Waals surface area contributed by atoms with E-state index in [2.05, 4.69) is 34.8 Å². The number of nitrogens with one attached hydrogen (secondary N) is 3. The highest BCUT2D eigenvalue weighted by molar-refractivity contribution is 14.0. The van der Waals surface area contributed by atoms with Crippen LogP contribution in [0.2, 0.25) is 5.02 Å². The predicted molar refractivity (Wildman–Crippen MR) is 117 cm³/mol. The predicted octanol–water partition coefficient (Wildman–Crippen LogP) is 3.82. The molecule has 142 valence electrons. The van der Waals surface area contributed by atoms with E-state index in [4.69, 9.17) is 11.6 Å². The largest absolute Gasteiger partial charge is 0.355 e. The van der Waals surface area contributed by atoms with Crippen molar-refractivity contribution in [1.82, 2.24) is 16.0 Å². The first kappa shape index (κ1) is 24.0. The first-order chi connectivity index (χ1) is 11.6. The van der Waals surface area contributed by atoms with Gasteiger partial charge in [0.05, 0.1) is 10.6 Å². The number of halogens is 2. The highest BCUT2D eigenvalue weighted by Crippen LogP contribution is 2.14. The third-order valence-electron chi connectivity index (χ3n) is 3.67. The first-order valence-electron chi connectivity index (χ1n) is 8.58. The lowest BCUT2D eigenvalue weighted by atomic mass is 10.1. The lowest BCUT2D eigenvalue weighted by molar-refractivity contribution is 0.0954. The molecule has 0 saturated heterocycles. The molecule has 0 bridgehead atoms. The quantitative estimate of drug-likeness (QED) is 0.218. The van der Waals surface area contributed by atoms with Gasteiger partial charge in [0.1, 0.15) is 0 Å². The SMILES string of the molecule is CCCCCC(C)NC(=NC)NCCNC(=O)c1ccccc1Cl.I. The molecule has 0 saturated carbocycles. The van der Waals surface area contributed by atoms with Crippen LogP contribution in [0.15, 0.2) is 29.3 Å². The maximum Gasteiger partial charge on any atom is 0.252 e. The van der Waals surface area contributed by atoms with Crippen molar-refractivity contribution in [3.63, 3.8) is 0 Å². The van der Waals surface area contributed by atoms with Crippen LogP contribution in [0.3, 0.4) is 0 Å². The number of aliphatic imine (C=N–C) groups is 1. The Morgan fingerprint density at radius 3 is 2.52 bits per heavy atom. The van der Waals surface area contributed by atoms with Crippen molar-refractivity contribution in [2.24, 2.45) is 4.99 Å². The number of nitrogens with zero attached hydrogens (tertiary/aromatic N) is 1. The Bertz CT molecular complexity index is 540. The van der Waals surface area contributed by atoms with Crippen LogP contribution in [-0.4, -0.2) is 38.0 Å². The van der Waals surface area contributed by atoms with Crippen LogP contribution in [0.25, 0.3) is 0 Å². The summed E-state index contributed by atoms with van der Waals surface area (Å²) < 4.78 is 0. The molecule has 7 heteroatoms. The van der Waals surface area contributed by atoms with Gasteiger partial charge in [-0.3, -0.25) is 9.79 Å². The smallest absolute Gasteiger partial charge is 0.252 e. The van der Waals surface area contributed by atoms with Crippen molar-refractivity contribution in [2.45, 2.75) is 45.6 Å². The van der Waals surface area contributed by atoms with Gasteiger partial charge in [-0.15, -0.1) is 24.0 Å². The Balaban J connectivity index is 0.00000576. The van der Waals surface area contributed by atoms with Crippen molar-refractivity contribution in [1.29, 1.82) is 0 Å². The van der Waals surface area contributed by atoms with Crippen LogP contribution in [0, 0.1) is 0 Å². The van der Waals surface area contributed by atoms with E-state index in [1.54, 1.807) is 31.3 Å². The third kappa shape index (κ3) is 9.89. The molecule has 0 spiro atoms. The molecule has 1 amide bonds. The van der Waals surface area contributed by atoms with Crippen LogP contribution in [0.1, 0.15) is 49.9 Å². The van der Waals surface area contributed by atoms with E-state index in [9.17, 15) is 4.79 Å². The van der Waals surface area contributed by atoms with Gasteiger partial charge in [-0.2, -0.15) is 0 Å². The Labute approximate surface area is 173 Å². The van der Waals surface area contributed by atoms with Gasteiger partial charge in [0.15, 0.2) is 5.96 Å². The molecule has 0 heterocycles. The second kappa shape index (κ2) is 14.2. The number of guanidine groups is 1. The number of hydrogen-bond acceptors (Lipinski definition) is 2. The molecule has 25 heavy (non-hydrogen) atoms. The molecule has 0 aliphatic heterocycles. The standard InChI is InChI=1S/C18H29ClN4O.HI/c1-4-5-6-9-14(2)23-18(20-3)22-13-12-21-17(24)15-10-7-8-11-16(15)19;/h7-8,10-11,14H,4-6,9,12-13H2,1-3H3,(H,21,24)(H2,20,22,23);1H. The summed E-state index contributed by atoms with van der Waals surface area (Å²) in [5.41, 5.74) is 0.492. The Hall–Kier alpha value is -1.02. The van der Waals surface area contributed by atoms with Gasteiger partial charge in [0.2, 0.25) is 0 Å². The number of amides is 1. The minimum Gasteiger partial charge on any atom is -0.355 e. The summed E-state index contributed by atoms with van der Waals surface area (Å²) >= 11 is 6.01. The number of rotatable bonds is 9. The molecule has 0 fully saturated rings. The monoisotopic (exact) mass is 480 g/mol. The van der Waals surface area contributed by atoms with Gasteiger partial charge < -0.3 is 16.0 Å². The van der Waals surface area contributed by atoms with Crippen molar-refractivity contribution in [3.05, 3.63) is 34.9 Å². The van der Waals surface area contributed by atoms with E-state index in [0.29, 0.717) is 29.7 Å². The van der Waals surface area contributed by atoms with Crippen LogP contribution < -0.4 is 16.0 Å². The van der Waals surface area contributed by atoms with Crippen molar-refractivity contribution in [2.75, 3.05) is 20.1 Å². The zero-order valence-electron chi connectivity index (χ0n) is 15.3. The molecule has 0 aliphatic rings. The number of carbonyl (C=O) groups is 1. The molecule has 1 unspecified atom stereocenters. The van der Waals surface area contributed by atoms with Crippen molar-refractivity contribution >= 4 is 47.4 Å². The third-order valence-corrected chi connectivity index (χ3v) is 4.00. The van der Waals surface area contributed by atoms with Crippen LogP contribution in [-0.2, 0) is 0 Å². The average molecular weight is 481 g/mol. The van der Waals surface area contributed by atoms with Gasteiger partial charge in [0.25, 0.3) is 5.91 Å². The molecule has 0 aliphatic carbocycles. The molecule has 1 rings (SSSR count). The minimum atomic E-state index is -0.168. The van der Waals surface area contributed by atoms with Gasteiger partial charge in [-0.25, -0.2) is 0 Å². The van der Waals surface area contributed by atoms with Crippen LogP contribution in [0.5, 0.6) is 0 Å². The summed E-state index contributed by atoms with van der Waals surface area (Å²) in [4.78, 5) is 16.2. The normalized spacial score (nSPS) is 12.1. The summed E-state index contributed by atoms with van der Waals surface area (Å²) in [6.07, 6.45) is 4.82. The van der Waals surface area contributed by atoms with Gasteiger partial charge in [-0.1, -0.05) is 49.9 Å². The van der Waals surface area contributed by atoms with Gasteiger partial charge in [0, 0.05) is 26.2 Å². The molecular formula is C18H30ClIN4O. The molecule has 1 aromatic rings. The summed E-state index contributed by atoms with van der Waals surface area (Å²) in [6, 6.07) is 7.40. The highest BCUT2D eigenvalue weighted by Gasteiger charge is 2.09. The number of unbranched alkanes of at least 4 members (excludes halogenated alkanes) is 2. The van der Waals surface area contributed by atoms with Gasteiger partial charge >= 0.3 is 0 Å². The fourth-order valence-corrected chi connectivity index (χ4v) is 2.52. The molecule has 5 nitrogen and oxygen atoms in total. The maximum absolute atomic E-state index is 12.0. The Morgan fingerprint density at radius 1 is 1.20 bits per heavy atom. The average Bonchev–Trinajstić information content (AvgIpc) is 2.58. The highest BCUT2D eigenvalue weighted by atomic mass is 127. The molecule has 0 radical (unpaired) electrons. The zero-order valence-corrected chi connectivity index (χ0v) is 18.4. The van der Waals surface area contributed by atoms with E-state index < -0.39 is 0 Å². The summed E-state index contributed by atoms with van der Waals surface area (Å²) in [6.45, 7) is 5.45. The van der Waals surface area contributed by atoms with E-state index in [1.807, 2.05) is 0 Å². The first-order valence-corrected chi connectivity index (χ1v) is 8.96. The Kier molecular flexibility index (Phi) is 13.6. The van der Waals surface area contributed by atoms with Crippen LogP contribution in [0.4, 0.5) is 0 Å². The molecule has 1 aromatic carbocycles. The van der Waals surface area contributed by atoms with Crippen molar-refractivity contribution in [3.8, 4) is 0 Å². The number of benzene rings is 1. The number of hydrogen-bond donors (Lipinski definition) is 3. The fraction of sp³-hybridized carbons (Fsp3) is 0.556. The molecular weight excluding hydrogens is 451 g/mol. The summed E-state index contributed by atoms with van der Waals surface area (Å²) in [5, 5.41) is 9.87. The minimum absolute atomic E-state index is 0. The van der Waals surface area contributed by atoms with E-state index in [0.717, 1.165) is 12.4 Å². The molecule has 3 N–H and O–H groups in total.